The number of benzene rings is 1. The van der Waals surface area contributed by atoms with Crippen LogP contribution in [0.1, 0.15) is 39.0 Å². The molecular formula is C16H24N2O2. The van der Waals surface area contributed by atoms with Crippen molar-refractivity contribution in [2.75, 3.05) is 17.2 Å². The molecule has 0 aliphatic heterocycles. The van der Waals surface area contributed by atoms with Gasteiger partial charge in [-0.2, -0.15) is 0 Å². The first-order valence-electron chi connectivity index (χ1n) is 7.44. The molecule has 1 aliphatic rings. The fraction of sp³-hybridized carbons (Fsp3) is 0.562. The highest BCUT2D eigenvalue weighted by atomic mass is 16.4. The summed E-state index contributed by atoms with van der Waals surface area (Å²) in [5, 5.41) is 9.18. The maximum atomic E-state index is 11.2. The first kappa shape index (κ1) is 14.7. The van der Waals surface area contributed by atoms with Gasteiger partial charge in [-0.3, -0.25) is 4.79 Å². The van der Waals surface area contributed by atoms with Crippen molar-refractivity contribution in [1.82, 2.24) is 0 Å². The summed E-state index contributed by atoms with van der Waals surface area (Å²) in [4.78, 5) is 13.2. The zero-order chi connectivity index (χ0) is 14.5. The maximum absolute atomic E-state index is 11.2. The number of hydrogen-bond donors (Lipinski definition) is 2. The number of carboxylic acid groups (broad SMARTS) is 1. The Balaban J connectivity index is 2.16. The number of hydrogen-bond acceptors (Lipinski definition) is 3. The fourth-order valence-corrected chi connectivity index (χ4v) is 3.17. The Morgan fingerprint density at radius 2 is 1.95 bits per heavy atom. The zero-order valence-corrected chi connectivity index (χ0v) is 12.1. The minimum atomic E-state index is -0.800. The van der Waals surface area contributed by atoms with Crippen molar-refractivity contribution >= 4 is 17.3 Å². The van der Waals surface area contributed by atoms with Crippen molar-refractivity contribution in [3.63, 3.8) is 0 Å². The molecule has 0 amide bonds. The number of carbonyl (C=O) groups is 1. The van der Waals surface area contributed by atoms with Crippen molar-refractivity contribution in [2.45, 2.75) is 45.1 Å². The minimum absolute atomic E-state index is 0.0235. The summed E-state index contributed by atoms with van der Waals surface area (Å²) in [6, 6.07) is 7.84. The van der Waals surface area contributed by atoms with E-state index in [0.717, 1.165) is 24.4 Å². The summed E-state index contributed by atoms with van der Waals surface area (Å²) >= 11 is 0. The molecule has 0 radical (unpaired) electrons. The smallest absolute Gasteiger partial charge is 0.323 e. The molecule has 1 saturated carbocycles. The summed E-state index contributed by atoms with van der Waals surface area (Å²) < 4.78 is 0. The molecule has 0 aromatic heterocycles. The normalized spacial score (nSPS) is 22.4. The van der Waals surface area contributed by atoms with E-state index < -0.39 is 5.97 Å². The van der Waals surface area contributed by atoms with Gasteiger partial charge in [-0.25, -0.2) is 0 Å². The maximum Gasteiger partial charge on any atom is 0.323 e. The van der Waals surface area contributed by atoms with Crippen LogP contribution in [0.25, 0.3) is 0 Å². The van der Waals surface area contributed by atoms with E-state index >= 15 is 0 Å². The lowest BCUT2D eigenvalue weighted by Crippen LogP contribution is -2.41. The number of rotatable bonds is 5. The molecule has 0 spiro atoms. The zero-order valence-electron chi connectivity index (χ0n) is 12.1. The molecule has 4 nitrogen and oxygen atoms in total. The highest BCUT2D eigenvalue weighted by Gasteiger charge is 2.27. The minimum Gasteiger partial charge on any atom is -0.480 e. The van der Waals surface area contributed by atoms with Crippen LogP contribution in [-0.2, 0) is 4.79 Å². The average molecular weight is 276 g/mol. The third-order valence-electron chi connectivity index (χ3n) is 4.39. The van der Waals surface area contributed by atoms with E-state index in [1.165, 1.54) is 19.3 Å². The first-order chi connectivity index (χ1) is 9.61. The Morgan fingerprint density at radius 3 is 2.50 bits per heavy atom. The van der Waals surface area contributed by atoms with E-state index in [9.17, 15) is 9.90 Å². The summed E-state index contributed by atoms with van der Waals surface area (Å²) in [6.07, 6.45) is 5.70. The highest BCUT2D eigenvalue weighted by Crippen LogP contribution is 2.33. The Labute approximate surface area is 120 Å². The Bertz CT molecular complexity index is 454. The third kappa shape index (κ3) is 3.44. The second-order valence-corrected chi connectivity index (χ2v) is 5.66. The van der Waals surface area contributed by atoms with Gasteiger partial charge in [0, 0.05) is 6.04 Å². The van der Waals surface area contributed by atoms with Crippen LogP contribution in [0.4, 0.5) is 11.4 Å². The highest BCUT2D eigenvalue weighted by molar-refractivity contribution is 5.77. The molecule has 0 atom stereocenters. The molecule has 0 bridgehead atoms. The van der Waals surface area contributed by atoms with Gasteiger partial charge in [0.25, 0.3) is 0 Å². The van der Waals surface area contributed by atoms with Crippen LogP contribution in [0.15, 0.2) is 24.3 Å². The van der Waals surface area contributed by atoms with Crippen molar-refractivity contribution in [3.05, 3.63) is 24.3 Å². The Hall–Kier alpha value is -1.71. The predicted molar refractivity (Wildman–Crippen MR) is 81.9 cm³/mol. The molecule has 1 aliphatic carbocycles. The van der Waals surface area contributed by atoms with E-state index in [2.05, 4.69) is 6.92 Å². The third-order valence-corrected chi connectivity index (χ3v) is 4.39. The second kappa shape index (κ2) is 6.64. The molecule has 20 heavy (non-hydrogen) atoms. The van der Waals surface area contributed by atoms with E-state index in [-0.39, 0.29) is 6.54 Å². The van der Waals surface area contributed by atoms with Crippen LogP contribution in [0.5, 0.6) is 0 Å². The average Bonchev–Trinajstić information content (AvgIpc) is 2.46. The number of nitrogens with two attached hydrogens (primary N) is 1. The predicted octanol–water partition coefficient (Wildman–Crippen LogP) is 3.13. The number of carboxylic acids is 1. The van der Waals surface area contributed by atoms with Crippen molar-refractivity contribution < 1.29 is 9.90 Å². The van der Waals surface area contributed by atoms with Gasteiger partial charge >= 0.3 is 5.97 Å². The number of para-hydroxylation sites is 2. The SMILES string of the molecule is CCC1CCC(N(CC(=O)O)c2ccccc2N)CC1. The van der Waals surface area contributed by atoms with Crippen LogP contribution in [0, 0.1) is 5.92 Å². The first-order valence-corrected chi connectivity index (χ1v) is 7.44. The molecule has 1 fully saturated rings. The lowest BCUT2D eigenvalue weighted by Gasteiger charge is -2.37. The van der Waals surface area contributed by atoms with Crippen molar-refractivity contribution in [2.24, 2.45) is 5.92 Å². The molecule has 1 aromatic rings. The molecule has 2 rings (SSSR count). The molecule has 1 aromatic carbocycles. The fourth-order valence-electron chi connectivity index (χ4n) is 3.17. The van der Waals surface area contributed by atoms with E-state index in [1.807, 2.05) is 29.2 Å². The van der Waals surface area contributed by atoms with Gasteiger partial charge in [0.2, 0.25) is 0 Å². The molecule has 4 heteroatoms. The Morgan fingerprint density at radius 1 is 1.30 bits per heavy atom. The van der Waals surface area contributed by atoms with Gasteiger partial charge in [0.05, 0.1) is 11.4 Å². The molecular weight excluding hydrogens is 252 g/mol. The van der Waals surface area contributed by atoms with Gasteiger partial charge in [-0.05, 0) is 43.7 Å². The quantitative estimate of drug-likeness (QED) is 0.811. The van der Waals surface area contributed by atoms with Crippen LogP contribution in [0.2, 0.25) is 0 Å². The van der Waals surface area contributed by atoms with Crippen LogP contribution in [0.3, 0.4) is 0 Å². The molecule has 0 heterocycles. The van der Waals surface area contributed by atoms with E-state index in [4.69, 9.17) is 5.73 Å². The van der Waals surface area contributed by atoms with Gasteiger partial charge in [-0.1, -0.05) is 25.5 Å². The topological polar surface area (TPSA) is 66.6 Å². The second-order valence-electron chi connectivity index (χ2n) is 5.66. The van der Waals surface area contributed by atoms with Gasteiger partial charge in [0.15, 0.2) is 0 Å². The number of anilines is 2. The number of aliphatic carboxylic acids is 1. The van der Waals surface area contributed by atoms with E-state index in [1.54, 1.807) is 0 Å². The van der Waals surface area contributed by atoms with Crippen LogP contribution < -0.4 is 10.6 Å². The Kier molecular flexibility index (Phi) is 4.88. The van der Waals surface area contributed by atoms with E-state index in [0.29, 0.717) is 11.7 Å². The standard InChI is InChI=1S/C16H24N2O2/c1-2-12-7-9-13(10-8-12)18(11-16(19)20)15-6-4-3-5-14(15)17/h3-6,12-13H,2,7-11,17H2,1H3,(H,19,20). The summed E-state index contributed by atoms with van der Waals surface area (Å²) in [5.41, 5.74) is 7.54. The van der Waals surface area contributed by atoms with Crippen LogP contribution in [-0.4, -0.2) is 23.7 Å². The summed E-state index contributed by atoms with van der Waals surface area (Å²) in [7, 11) is 0. The van der Waals surface area contributed by atoms with Crippen LogP contribution >= 0.6 is 0 Å². The largest absolute Gasteiger partial charge is 0.480 e. The molecule has 0 saturated heterocycles. The lowest BCUT2D eigenvalue weighted by molar-refractivity contribution is -0.135. The van der Waals surface area contributed by atoms with Gasteiger partial charge < -0.3 is 15.7 Å². The van der Waals surface area contributed by atoms with Gasteiger partial charge in [0.1, 0.15) is 6.54 Å². The van der Waals surface area contributed by atoms with Crippen molar-refractivity contribution in [3.8, 4) is 0 Å². The molecule has 110 valence electrons. The molecule has 3 N–H and O–H groups in total. The van der Waals surface area contributed by atoms with Gasteiger partial charge in [-0.15, -0.1) is 0 Å². The number of nitrogen functional groups attached to an aromatic ring is 1. The summed E-state index contributed by atoms with van der Waals surface area (Å²) in [6.45, 7) is 2.25. The monoisotopic (exact) mass is 276 g/mol. The lowest BCUT2D eigenvalue weighted by atomic mass is 9.83. The van der Waals surface area contributed by atoms with Crippen molar-refractivity contribution in [1.29, 1.82) is 0 Å². The molecule has 0 unspecified atom stereocenters. The number of nitrogens with zero attached hydrogens (tertiary/aromatic N) is 1. The summed E-state index contributed by atoms with van der Waals surface area (Å²) in [5.74, 6) is -0.00286.